The van der Waals surface area contributed by atoms with Gasteiger partial charge >= 0.3 is 57.4 Å². The summed E-state index contributed by atoms with van der Waals surface area (Å²) in [6.07, 6.45) is 1.83. The van der Waals surface area contributed by atoms with Crippen LogP contribution in [0.15, 0.2) is 23.1 Å². The average molecular weight is 341 g/mol. The van der Waals surface area contributed by atoms with E-state index in [1.54, 1.807) is 0 Å². The SMILES string of the molecule is CCCCNC(=O)Nc1ccc(S(=O)(=O)O)cc1OC.[K+]. The molecule has 1 rings (SSSR count). The zero-order chi connectivity index (χ0) is 15.2. The first kappa shape index (κ1) is 20.8. The molecular weight excluding hydrogens is 323 g/mol. The van der Waals surface area contributed by atoms with Crippen molar-refractivity contribution in [2.24, 2.45) is 0 Å². The van der Waals surface area contributed by atoms with Crippen molar-refractivity contribution in [3.8, 4) is 5.75 Å². The monoisotopic (exact) mass is 341 g/mol. The van der Waals surface area contributed by atoms with Crippen LogP contribution in [0.2, 0.25) is 0 Å². The first-order valence-electron chi connectivity index (χ1n) is 6.09. The molecule has 0 saturated carbocycles. The van der Waals surface area contributed by atoms with Gasteiger partial charge in [-0.2, -0.15) is 8.42 Å². The van der Waals surface area contributed by atoms with Crippen LogP contribution in [0.5, 0.6) is 5.75 Å². The minimum absolute atomic E-state index is 0. The molecule has 0 aliphatic heterocycles. The third-order valence-corrected chi connectivity index (χ3v) is 3.38. The number of ether oxygens (including phenoxy) is 1. The molecule has 3 N–H and O–H groups in total. The van der Waals surface area contributed by atoms with Gasteiger partial charge in [0.2, 0.25) is 0 Å². The van der Waals surface area contributed by atoms with Gasteiger partial charge in [-0.25, -0.2) is 4.79 Å². The fourth-order valence-electron chi connectivity index (χ4n) is 1.48. The Bertz CT molecular complexity index is 577. The van der Waals surface area contributed by atoms with Crippen LogP contribution in [0.3, 0.4) is 0 Å². The molecule has 1 aromatic rings. The molecule has 21 heavy (non-hydrogen) atoms. The first-order valence-corrected chi connectivity index (χ1v) is 7.53. The number of amides is 2. The molecule has 0 aromatic heterocycles. The number of rotatable bonds is 6. The van der Waals surface area contributed by atoms with E-state index in [1.165, 1.54) is 19.2 Å². The maximum Gasteiger partial charge on any atom is 1.00 e. The Hall–Kier alpha value is -0.164. The molecule has 9 heteroatoms. The van der Waals surface area contributed by atoms with Crippen LogP contribution in [0.25, 0.3) is 0 Å². The van der Waals surface area contributed by atoms with Gasteiger partial charge < -0.3 is 15.4 Å². The molecular formula is C12H18KN2O5S+. The van der Waals surface area contributed by atoms with E-state index in [2.05, 4.69) is 10.6 Å². The third kappa shape index (κ3) is 7.09. The normalized spacial score (nSPS) is 10.4. The van der Waals surface area contributed by atoms with Gasteiger partial charge in [0.25, 0.3) is 10.1 Å². The molecule has 2 amide bonds. The predicted molar refractivity (Wildman–Crippen MR) is 74.7 cm³/mol. The molecule has 0 fully saturated rings. The van der Waals surface area contributed by atoms with Crippen molar-refractivity contribution in [3.05, 3.63) is 18.2 Å². The average Bonchev–Trinajstić information content (AvgIpc) is 2.38. The number of carbonyl (C=O) groups excluding carboxylic acids is 1. The van der Waals surface area contributed by atoms with E-state index in [1.807, 2.05) is 6.92 Å². The molecule has 0 atom stereocenters. The Morgan fingerprint density at radius 3 is 2.57 bits per heavy atom. The molecule has 112 valence electrons. The van der Waals surface area contributed by atoms with Crippen LogP contribution >= 0.6 is 0 Å². The first-order chi connectivity index (χ1) is 9.38. The van der Waals surface area contributed by atoms with Gasteiger partial charge in [0, 0.05) is 12.6 Å². The standard InChI is InChI=1S/C12H18N2O5S.K/c1-3-4-7-13-12(15)14-10-6-5-9(20(16,17)18)8-11(10)19-2;/h5-6,8H,3-4,7H2,1-2H3,(H2,13,14,15)(H,16,17,18);/q;+1. The van der Waals surface area contributed by atoms with Gasteiger partial charge in [-0.05, 0) is 18.6 Å². The molecule has 0 saturated heterocycles. The summed E-state index contributed by atoms with van der Waals surface area (Å²) >= 11 is 0. The maximum absolute atomic E-state index is 11.6. The Balaban J connectivity index is 0.00000400. The predicted octanol–water partition coefficient (Wildman–Crippen LogP) is -1.13. The number of carbonyl (C=O) groups is 1. The molecule has 0 aliphatic rings. The quantitative estimate of drug-likeness (QED) is 0.345. The van der Waals surface area contributed by atoms with Crippen molar-refractivity contribution in [1.29, 1.82) is 0 Å². The van der Waals surface area contributed by atoms with E-state index in [0.29, 0.717) is 12.2 Å². The molecule has 7 nitrogen and oxygen atoms in total. The second-order valence-electron chi connectivity index (χ2n) is 4.07. The summed E-state index contributed by atoms with van der Waals surface area (Å²) in [6.45, 7) is 2.56. The third-order valence-electron chi connectivity index (χ3n) is 2.53. The van der Waals surface area contributed by atoms with E-state index >= 15 is 0 Å². The Labute approximate surface area is 167 Å². The van der Waals surface area contributed by atoms with Crippen LogP contribution in [0, 0.1) is 0 Å². The second kappa shape index (κ2) is 9.77. The van der Waals surface area contributed by atoms with Crippen molar-refractivity contribution < 1.29 is 73.9 Å². The van der Waals surface area contributed by atoms with Crippen LogP contribution in [-0.4, -0.2) is 32.7 Å². The molecule has 1 aromatic carbocycles. The van der Waals surface area contributed by atoms with Crippen LogP contribution in [0.1, 0.15) is 19.8 Å². The van der Waals surface area contributed by atoms with E-state index in [-0.39, 0.29) is 62.0 Å². The molecule has 0 unspecified atom stereocenters. The van der Waals surface area contributed by atoms with Gasteiger partial charge in [0.1, 0.15) is 5.75 Å². The molecule has 0 bridgehead atoms. The van der Waals surface area contributed by atoms with Crippen LogP contribution in [0.4, 0.5) is 10.5 Å². The fraction of sp³-hybridized carbons (Fsp3) is 0.417. The zero-order valence-corrected chi connectivity index (χ0v) is 16.3. The number of benzene rings is 1. The number of urea groups is 1. The number of unbranched alkanes of at least 4 members (excludes halogenated alkanes) is 1. The summed E-state index contributed by atoms with van der Waals surface area (Å²) in [6, 6.07) is 3.26. The number of hydrogen-bond donors (Lipinski definition) is 3. The summed E-state index contributed by atoms with van der Waals surface area (Å²) in [5.41, 5.74) is 0.314. The molecule has 0 aliphatic carbocycles. The van der Waals surface area contributed by atoms with Crippen molar-refractivity contribution in [2.45, 2.75) is 24.7 Å². The van der Waals surface area contributed by atoms with Gasteiger partial charge in [0.05, 0.1) is 17.7 Å². The smallest absolute Gasteiger partial charge is 0.495 e. The second-order valence-corrected chi connectivity index (χ2v) is 5.49. The van der Waals surface area contributed by atoms with Gasteiger partial charge in [-0.3, -0.25) is 4.55 Å². The molecule has 0 spiro atoms. The Kier molecular flexibility index (Phi) is 9.70. The minimum Gasteiger partial charge on any atom is -0.495 e. The summed E-state index contributed by atoms with van der Waals surface area (Å²) in [5, 5.41) is 5.20. The zero-order valence-electron chi connectivity index (χ0n) is 12.3. The van der Waals surface area contributed by atoms with Gasteiger partial charge in [-0.1, -0.05) is 13.3 Å². The van der Waals surface area contributed by atoms with Crippen molar-refractivity contribution >= 4 is 21.8 Å². The number of methoxy groups -OCH3 is 1. The largest absolute Gasteiger partial charge is 1.00 e. The molecule has 0 heterocycles. The van der Waals surface area contributed by atoms with E-state index in [0.717, 1.165) is 18.9 Å². The van der Waals surface area contributed by atoms with E-state index in [9.17, 15) is 13.2 Å². The van der Waals surface area contributed by atoms with E-state index < -0.39 is 16.1 Å². The van der Waals surface area contributed by atoms with Crippen LogP contribution < -0.4 is 66.8 Å². The van der Waals surface area contributed by atoms with Crippen molar-refractivity contribution in [3.63, 3.8) is 0 Å². The van der Waals surface area contributed by atoms with Crippen molar-refractivity contribution in [1.82, 2.24) is 5.32 Å². The number of nitrogens with one attached hydrogen (secondary N) is 2. The summed E-state index contributed by atoms with van der Waals surface area (Å²) in [7, 11) is -2.97. The fourth-order valence-corrected chi connectivity index (χ4v) is 1.98. The number of hydrogen-bond acceptors (Lipinski definition) is 4. The minimum atomic E-state index is -4.31. The van der Waals surface area contributed by atoms with Crippen LogP contribution in [-0.2, 0) is 10.1 Å². The summed E-state index contributed by atoms with van der Waals surface area (Å²) < 4.78 is 36.0. The van der Waals surface area contributed by atoms with Crippen molar-refractivity contribution in [2.75, 3.05) is 19.0 Å². The topological polar surface area (TPSA) is 105 Å². The Morgan fingerprint density at radius 2 is 2.05 bits per heavy atom. The van der Waals surface area contributed by atoms with Gasteiger partial charge in [-0.15, -0.1) is 0 Å². The number of anilines is 1. The Morgan fingerprint density at radius 1 is 1.38 bits per heavy atom. The summed E-state index contributed by atoms with van der Waals surface area (Å²) in [5.74, 6) is 0.144. The van der Waals surface area contributed by atoms with E-state index in [4.69, 9.17) is 9.29 Å². The molecule has 0 radical (unpaired) electrons. The maximum atomic E-state index is 11.6. The van der Waals surface area contributed by atoms with Gasteiger partial charge in [0.15, 0.2) is 0 Å². The summed E-state index contributed by atoms with van der Waals surface area (Å²) in [4.78, 5) is 11.3.